The summed E-state index contributed by atoms with van der Waals surface area (Å²) in [4.78, 5) is 14.6. The number of aliphatic hydroxyl groups excluding tert-OH is 1. The van der Waals surface area contributed by atoms with Crippen molar-refractivity contribution in [2.45, 2.75) is 37.4 Å². The number of ether oxygens (including phenoxy) is 2. The zero-order chi connectivity index (χ0) is 16.4. The van der Waals surface area contributed by atoms with Gasteiger partial charge in [0.1, 0.15) is 5.75 Å². The summed E-state index contributed by atoms with van der Waals surface area (Å²) in [5.41, 5.74) is 0.260. The molecule has 6 heteroatoms. The average molecular weight is 340 g/mol. The van der Waals surface area contributed by atoms with Gasteiger partial charge in [-0.15, -0.1) is 0 Å². The summed E-state index contributed by atoms with van der Waals surface area (Å²) in [6.45, 7) is 1.84. The molecule has 1 aromatic carbocycles. The van der Waals surface area contributed by atoms with Crippen LogP contribution in [-0.4, -0.2) is 54.4 Å². The maximum Gasteiger partial charge on any atom is 0.257 e. The summed E-state index contributed by atoms with van der Waals surface area (Å²) in [5.74, 6) is 0.442. The van der Waals surface area contributed by atoms with E-state index in [1.54, 1.807) is 18.2 Å². The van der Waals surface area contributed by atoms with E-state index in [2.05, 4.69) is 0 Å². The minimum Gasteiger partial charge on any atom is -0.496 e. The van der Waals surface area contributed by atoms with Crippen LogP contribution >= 0.6 is 11.6 Å². The molecule has 0 aliphatic carbocycles. The van der Waals surface area contributed by atoms with Crippen molar-refractivity contribution in [3.05, 3.63) is 28.8 Å². The van der Waals surface area contributed by atoms with E-state index in [9.17, 15) is 9.90 Å². The molecule has 1 spiro atoms. The van der Waals surface area contributed by atoms with Crippen LogP contribution in [0.2, 0.25) is 5.02 Å². The number of halogens is 1. The summed E-state index contributed by atoms with van der Waals surface area (Å²) in [6, 6.07) is 5.05. The molecule has 1 N–H and O–H groups in total. The van der Waals surface area contributed by atoms with Crippen molar-refractivity contribution in [3.63, 3.8) is 0 Å². The van der Waals surface area contributed by atoms with Gasteiger partial charge in [-0.25, -0.2) is 0 Å². The van der Waals surface area contributed by atoms with Crippen LogP contribution in [0.15, 0.2) is 18.2 Å². The summed E-state index contributed by atoms with van der Waals surface area (Å²) < 4.78 is 11.2. The highest BCUT2D eigenvalue weighted by molar-refractivity contribution is 6.30. The summed E-state index contributed by atoms with van der Waals surface area (Å²) in [5, 5.41) is 10.4. The topological polar surface area (TPSA) is 59.0 Å². The molecule has 0 radical (unpaired) electrons. The number of hydrogen-bond donors (Lipinski definition) is 1. The highest BCUT2D eigenvalue weighted by atomic mass is 35.5. The maximum absolute atomic E-state index is 12.7. The van der Waals surface area contributed by atoms with Crippen LogP contribution in [0.25, 0.3) is 0 Å². The van der Waals surface area contributed by atoms with Crippen molar-refractivity contribution in [3.8, 4) is 5.75 Å². The van der Waals surface area contributed by atoms with Gasteiger partial charge in [0, 0.05) is 31.1 Å². The first-order valence-electron chi connectivity index (χ1n) is 7.98. The van der Waals surface area contributed by atoms with E-state index < -0.39 is 0 Å². The van der Waals surface area contributed by atoms with Gasteiger partial charge < -0.3 is 19.5 Å². The number of amides is 1. The Labute approximate surface area is 141 Å². The third kappa shape index (κ3) is 3.47. The Morgan fingerprint density at radius 1 is 1.43 bits per heavy atom. The van der Waals surface area contributed by atoms with E-state index in [0.29, 0.717) is 48.9 Å². The molecular formula is C17H22ClNO4. The predicted octanol–water partition coefficient (Wildman–Crippen LogP) is 2.49. The monoisotopic (exact) mass is 339 g/mol. The molecule has 0 saturated carbocycles. The second-order valence-corrected chi connectivity index (χ2v) is 6.75. The molecule has 2 saturated heterocycles. The molecule has 2 fully saturated rings. The molecule has 23 heavy (non-hydrogen) atoms. The Hall–Kier alpha value is -1.30. The normalized spacial score (nSPS) is 23.8. The smallest absolute Gasteiger partial charge is 0.257 e. The number of carbonyl (C=O) groups is 1. The van der Waals surface area contributed by atoms with Crippen LogP contribution in [-0.2, 0) is 4.74 Å². The zero-order valence-electron chi connectivity index (χ0n) is 13.3. The van der Waals surface area contributed by atoms with Crippen molar-refractivity contribution in [2.24, 2.45) is 0 Å². The van der Waals surface area contributed by atoms with Gasteiger partial charge in [0.2, 0.25) is 0 Å². The molecule has 2 aliphatic rings. The van der Waals surface area contributed by atoms with Gasteiger partial charge >= 0.3 is 0 Å². The van der Waals surface area contributed by atoms with Crippen molar-refractivity contribution < 1.29 is 19.4 Å². The van der Waals surface area contributed by atoms with E-state index in [-0.39, 0.29) is 17.6 Å². The fraction of sp³-hybridized carbons (Fsp3) is 0.588. The molecule has 1 amide bonds. The van der Waals surface area contributed by atoms with E-state index >= 15 is 0 Å². The fourth-order valence-corrected chi connectivity index (χ4v) is 3.64. The zero-order valence-corrected chi connectivity index (χ0v) is 14.0. The quantitative estimate of drug-likeness (QED) is 0.899. The lowest BCUT2D eigenvalue weighted by Crippen LogP contribution is -2.51. The maximum atomic E-state index is 12.7. The lowest BCUT2D eigenvalue weighted by molar-refractivity contribution is -0.139. The van der Waals surface area contributed by atoms with Crippen molar-refractivity contribution in [1.29, 1.82) is 0 Å². The van der Waals surface area contributed by atoms with Crippen LogP contribution in [0.4, 0.5) is 0 Å². The number of methoxy groups -OCH3 is 1. The first kappa shape index (κ1) is 16.6. The molecule has 0 bridgehead atoms. The number of carbonyl (C=O) groups excluding carboxylic acids is 1. The van der Waals surface area contributed by atoms with E-state index in [1.165, 1.54) is 7.11 Å². The van der Waals surface area contributed by atoms with Crippen molar-refractivity contribution in [2.75, 3.05) is 26.8 Å². The molecule has 126 valence electrons. The van der Waals surface area contributed by atoms with Gasteiger partial charge in [0.15, 0.2) is 0 Å². The summed E-state index contributed by atoms with van der Waals surface area (Å²) in [6.07, 6.45) is 2.59. The molecule has 1 unspecified atom stereocenters. The molecule has 2 aliphatic heterocycles. The summed E-state index contributed by atoms with van der Waals surface area (Å²) in [7, 11) is 1.53. The van der Waals surface area contributed by atoms with Gasteiger partial charge in [0.25, 0.3) is 5.91 Å². The highest BCUT2D eigenvalue weighted by Crippen LogP contribution is 2.36. The SMILES string of the molecule is COc1cc(Cl)ccc1C(=O)N1CCC2(CC1)CC(O)CCO2. The van der Waals surface area contributed by atoms with Crippen molar-refractivity contribution in [1.82, 2.24) is 4.90 Å². The third-order valence-corrected chi connectivity index (χ3v) is 5.06. The largest absolute Gasteiger partial charge is 0.496 e. The number of hydrogen-bond acceptors (Lipinski definition) is 4. The number of nitrogens with zero attached hydrogens (tertiary/aromatic N) is 1. The Balaban J connectivity index is 1.69. The number of piperidine rings is 1. The lowest BCUT2D eigenvalue weighted by atomic mass is 9.83. The fourth-order valence-electron chi connectivity index (χ4n) is 3.48. The van der Waals surface area contributed by atoms with Gasteiger partial charge in [-0.1, -0.05) is 11.6 Å². The Morgan fingerprint density at radius 3 is 2.83 bits per heavy atom. The predicted molar refractivity (Wildman–Crippen MR) is 87.1 cm³/mol. The first-order valence-corrected chi connectivity index (χ1v) is 8.36. The van der Waals surface area contributed by atoms with Crippen molar-refractivity contribution >= 4 is 17.5 Å². The third-order valence-electron chi connectivity index (χ3n) is 4.82. The van der Waals surface area contributed by atoms with Crippen LogP contribution in [0.3, 0.4) is 0 Å². The standard InChI is InChI=1S/C17H22ClNO4/c1-22-15-10-12(18)2-3-14(15)16(21)19-7-5-17(6-8-19)11-13(20)4-9-23-17/h2-3,10,13,20H,4-9,11H2,1H3. The molecular weight excluding hydrogens is 318 g/mol. The number of rotatable bonds is 2. The number of benzene rings is 1. The number of likely N-dealkylation sites (tertiary alicyclic amines) is 1. The van der Waals surface area contributed by atoms with Gasteiger partial charge in [-0.3, -0.25) is 4.79 Å². The summed E-state index contributed by atoms with van der Waals surface area (Å²) >= 11 is 5.95. The van der Waals surface area contributed by atoms with Crippen LogP contribution in [0, 0.1) is 0 Å². The Bertz CT molecular complexity index is 584. The minimum atomic E-state index is -0.289. The molecule has 3 rings (SSSR count). The lowest BCUT2D eigenvalue weighted by Gasteiger charge is -2.45. The van der Waals surface area contributed by atoms with Gasteiger partial charge in [0.05, 0.1) is 24.4 Å². The molecule has 1 atom stereocenters. The molecule has 1 aromatic rings. The van der Waals surface area contributed by atoms with E-state index in [0.717, 1.165) is 12.8 Å². The highest BCUT2D eigenvalue weighted by Gasteiger charge is 2.41. The van der Waals surface area contributed by atoms with Crippen LogP contribution in [0.1, 0.15) is 36.0 Å². The molecule has 2 heterocycles. The van der Waals surface area contributed by atoms with Gasteiger partial charge in [-0.2, -0.15) is 0 Å². The van der Waals surface area contributed by atoms with E-state index in [1.807, 2.05) is 4.90 Å². The Kier molecular flexibility index (Phi) is 4.80. The van der Waals surface area contributed by atoms with E-state index in [4.69, 9.17) is 21.1 Å². The second kappa shape index (κ2) is 6.67. The average Bonchev–Trinajstić information content (AvgIpc) is 2.54. The van der Waals surface area contributed by atoms with Crippen LogP contribution in [0.5, 0.6) is 5.75 Å². The second-order valence-electron chi connectivity index (χ2n) is 6.31. The minimum absolute atomic E-state index is 0.0512. The number of aliphatic hydroxyl groups is 1. The molecule has 0 aromatic heterocycles. The molecule has 5 nitrogen and oxygen atoms in total. The van der Waals surface area contributed by atoms with Gasteiger partial charge in [-0.05, 0) is 37.5 Å². The van der Waals surface area contributed by atoms with Crippen LogP contribution < -0.4 is 4.74 Å². The first-order chi connectivity index (χ1) is 11.0. The Morgan fingerprint density at radius 2 is 2.17 bits per heavy atom.